The Balaban J connectivity index is 2.61. The van der Waals surface area contributed by atoms with Crippen LogP contribution in [0.15, 0.2) is 23.0 Å². The average molecular weight is 491 g/mol. The zero-order valence-corrected chi connectivity index (χ0v) is 17.1. The fourth-order valence-corrected chi connectivity index (χ4v) is 2.91. The van der Waals surface area contributed by atoms with Crippen LogP contribution in [-0.4, -0.2) is 35.9 Å². The molecule has 1 amide bonds. The molecule has 3 N–H and O–H groups in total. The molecule has 8 nitrogen and oxygen atoms in total. The van der Waals surface area contributed by atoms with Gasteiger partial charge in [-0.25, -0.2) is 9.87 Å². The Morgan fingerprint density at radius 3 is 2.70 bits per heavy atom. The lowest BCUT2D eigenvalue weighted by Gasteiger charge is -2.20. The Hall–Kier alpha value is -2.18. The third kappa shape index (κ3) is 4.57. The molecule has 0 fully saturated rings. The Labute approximate surface area is 168 Å². The number of ether oxygens (including phenoxy) is 1. The highest BCUT2D eigenvalue weighted by Gasteiger charge is 2.25. The number of anilines is 2. The maximum Gasteiger partial charge on any atom is 0.282 e. The van der Waals surface area contributed by atoms with Gasteiger partial charge in [-0.05, 0) is 47.7 Å². The van der Waals surface area contributed by atoms with Gasteiger partial charge in [-0.3, -0.25) is 19.0 Å². The Morgan fingerprint density at radius 2 is 2.11 bits per heavy atom. The van der Waals surface area contributed by atoms with Crippen LogP contribution >= 0.6 is 22.6 Å². The lowest BCUT2D eigenvalue weighted by molar-refractivity contribution is 0.0166. The molecule has 1 aromatic carbocycles. The van der Waals surface area contributed by atoms with Gasteiger partial charge in [-0.2, -0.15) is 0 Å². The van der Waals surface area contributed by atoms with Crippen molar-refractivity contribution in [2.24, 2.45) is 7.05 Å². The van der Waals surface area contributed by atoms with Crippen LogP contribution in [-0.2, 0) is 11.9 Å². The van der Waals surface area contributed by atoms with Crippen molar-refractivity contribution in [3.8, 4) is 5.75 Å². The first kappa shape index (κ1) is 21.1. The van der Waals surface area contributed by atoms with E-state index < -0.39 is 17.3 Å². The van der Waals surface area contributed by atoms with Gasteiger partial charge in [0.15, 0.2) is 0 Å². The fraction of sp³-hybridized carbons (Fsp3) is 0.294. The number of carbonyl (C=O) groups excluding carboxylic acids is 1. The van der Waals surface area contributed by atoms with Crippen LogP contribution in [0, 0.1) is 16.3 Å². The van der Waals surface area contributed by atoms with Crippen molar-refractivity contribution in [1.29, 1.82) is 0 Å². The van der Waals surface area contributed by atoms with E-state index in [-0.39, 0.29) is 41.6 Å². The van der Waals surface area contributed by atoms with Gasteiger partial charge in [0.25, 0.3) is 11.5 Å². The lowest BCUT2D eigenvalue weighted by atomic mass is 10.1. The van der Waals surface area contributed by atoms with E-state index in [0.29, 0.717) is 3.57 Å². The first-order valence-electron chi connectivity index (χ1n) is 7.84. The van der Waals surface area contributed by atoms with Crippen LogP contribution in [0.1, 0.15) is 15.9 Å². The zero-order valence-electron chi connectivity index (χ0n) is 14.9. The number of aliphatic hydroxyl groups is 1. The molecule has 2 rings (SSSR count). The van der Waals surface area contributed by atoms with Gasteiger partial charge in [0, 0.05) is 10.6 Å². The Bertz CT molecular complexity index is 916. The van der Waals surface area contributed by atoms with E-state index in [9.17, 15) is 14.0 Å². The summed E-state index contributed by atoms with van der Waals surface area (Å²) in [5.41, 5.74) is 2.02. The minimum atomic E-state index is -0.715. The monoisotopic (exact) mass is 491 g/mol. The van der Waals surface area contributed by atoms with E-state index >= 15 is 0 Å². The molecule has 2 aromatic rings. The molecule has 1 heterocycles. The van der Waals surface area contributed by atoms with Crippen molar-refractivity contribution in [3.63, 3.8) is 0 Å². The summed E-state index contributed by atoms with van der Waals surface area (Å²) in [6, 6.07) is 4.49. The van der Waals surface area contributed by atoms with Gasteiger partial charge < -0.3 is 15.2 Å². The van der Waals surface area contributed by atoms with Crippen LogP contribution in [0.25, 0.3) is 0 Å². The number of aliphatic hydroxyl groups excluding tert-OH is 1. The van der Waals surface area contributed by atoms with Gasteiger partial charge in [-0.1, -0.05) is 0 Å². The molecule has 10 heteroatoms. The maximum atomic E-state index is 14.3. The van der Waals surface area contributed by atoms with E-state index in [1.165, 1.54) is 37.8 Å². The second-order valence-corrected chi connectivity index (χ2v) is 6.74. The quantitative estimate of drug-likeness (QED) is 0.311. The van der Waals surface area contributed by atoms with Crippen LogP contribution in [0.4, 0.5) is 15.9 Å². The number of hydroxylamine groups is 1. The van der Waals surface area contributed by atoms with Gasteiger partial charge >= 0.3 is 0 Å². The summed E-state index contributed by atoms with van der Waals surface area (Å²) in [4.78, 5) is 30.0. The number of nitrogens with one attached hydrogen (secondary N) is 2. The minimum absolute atomic E-state index is 0.0343. The molecular formula is C17H19FIN3O5. The standard InChI is InChI=1S/C17H19FIN3O5/c1-9-14(26-3)13(16(24)21-27-7-6-23)15(22(2)17(9)25)20-12-5-4-10(19)8-11(12)18/h4-5,8,20,23H,6-7H2,1-3H3,(H,21,24). The fourth-order valence-electron chi connectivity index (χ4n) is 2.46. The first-order valence-corrected chi connectivity index (χ1v) is 8.92. The number of hydrogen-bond donors (Lipinski definition) is 3. The predicted octanol–water partition coefficient (Wildman–Crippen LogP) is 1.84. The lowest BCUT2D eigenvalue weighted by Crippen LogP contribution is -2.31. The molecular weight excluding hydrogens is 472 g/mol. The van der Waals surface area contributed by atoms with Crippen molar-refractivity contribution < 1.29 is 23.9 Å². The smallest absolute Gasteiger partial charge is 0.282 e. The molecule has 0 spiro atoms. The molecule has 0 bridgehead atoms. The maximum absolute atomic E-state index is 14.3. The van der Waals surface area contributed by atoms with Crippen molar-refractivity contribution >= 4 is 40.0 Å². The number of nitrogens with zero attached hydrogens (tertiary/aromatic N) is 1. The highest BCUT2D eigenvalue weighted by molar-refractivity contribution is 14.1. The highest BCUT2D eigenvalue weighted by atomic mass is 127. The predicted molar refractivity (Wildman–Crippen MR) is 106 cm³/mol. The molecule has 0 saturated carbocycles. The summed E-state index contributed by atoms with van der Waals surface area (Å²) in [6.45, 7) is 1.11. The molecule has 0 atom stereocenters. The molecule has 0 saturated heterocycles. The van der Waals surface area contributed by atoms with Gasteiger partial charge in [0.05, 0.1) is 31.6 Å². The summed E-state index contributed by atoms with van der Waals surface area (Å²) >= 11 is 1.97. The molecule has 0 unspecified atom stereocenters. The largest absolute Gasteiger partial charge is 0.495 e. The second-order valence-electron chi connectivity index (χ2n) is 5.50. The van der Waals surface area contributed by atoms with E-state index in [4.69, 9.17) is 14.7 Å². The van der Waals surface area contributed by atoms with E-state index in [0.717, 1.165) is 0 Å². The van der Waals surface area contributed by atoms with E-state index in [2.05, 4.69) is 10.8 Å². The van der Waals surface area contributed by atoms with Crippen LogP contribution in [0.2, 0.25) is 0 Å². The van der Waals surface area contributed by atoms with Crippen molar-refractivity contribution in [1.82, 2.24) is 10.0 Å². The normalized spacial score (nSPS) is 10.6. The van der Waals surface area contributed by atoms with E-state index in [1.807, 2.05) is 22.6 Å². The van der Waals surface area contributed by atoms with E-state index in [1.54, 1.807) is 6.07 Å². The SMILES string of the molecule is COc1c(C(=O)NOCCO)c(Nc2ccc(I)cc2F)n(C)c(=O)c1C. The van der Waals surface area contributed by atoms with Crippen molar-refractivity contribution in [3.05, 3.63) is 49.1 Å². The number of pyridine rings is 1. The average Bonchev–Trinajstić information content (AvgIpc) is 2.63. The number of carbonyl (C=O) groups is 1. The molecule has 0 aliphatic carbocycles. The van der Waals surface area contributed by atoms with Gasteiger partial charge in [0.1, 0.15) is 22.9 Å². The number of benzene rings is 1. The van der Waals surface area contributed by atoms with Gasteiger partial charge in [0.2, 0.25) is 0 Å². The second kappa shape index (κ2) is 9.15. The molecule has 0 aliphatic heterocycles. The summed E-state index contributed by atoms with van der Waals surface area (Å²) < 4.78 is 21.4. The van der Waals surface area contributed by atoms with Crippen molar-refractivity contribution in [2.75, 3.05) is 25.6 Å². The number of halogens is 2. The third-order valence-electron chi connectivity index (χ3n) is 3.74. The number of aromatic nitrogens is 1. The summed E-state index contributed by atoms with van der Waals surface area (Å²) in [6.07, 6.45) is 0. The topological polar surface area (TPSA) is 102 Å². The van der Waals surface area contributed by atoms with Crippen molar-refractivity contribution in [2.45, 2.75) is 6.92 Å². The Morgan fingerprint density at radius 1 is 1.41 bits per heavy atom. The number of hydrogen-bond acceptors (Lipinski definition) is 6. The highest BCUT2D eigenvalue weighted by Crippen LogP contribution is 2.30. The van der Waals surface area contributed by atoms with Crippen LogP contribution in [0.3, 0.4) is 0 Å². The zero-order chi connectivity index (χ0) is 20.1. The molecule has 0 radical (unpaired) electrons. The number of methoxy groups -OCH3 is 1. The summed E-state index contributed by atoms with van der Waals surface area (Å²) in [7, 11) is 2.77. The van der Waals surface area contributed by atoms with Crippen LogP contribution in [0.5, 0.6) is 5.75 Å². The molecule has 146 valence electrons. The Kier molecular flexibility index (Phi) is 7.16. The number of rotatable bonds is 7. The minimum Gasteiger partial charge on any atom is -0.495 e. The molecule has 27 heavy (non-hydrogen) atoms. The molecule has 1 aromatic heterocycles. The first-order chi connectivity index (χ1) is 12.8. The molecule has 0 aliphatic rings. The van der Waals surface area contributed by atoms with Gasteiger partial charge in [-0.15, -0.1) is 0 Å². The summed E-state index contributed by atoms with van der Waals surface area (Å²) in [5.74, 6) is -1.19. The van der Waals surface area contributed by atoms with Crippen LogP contribution < -0.4 is 21.1 Å². The summed E-state index contributed by atoms with van der Waals surface area (Å²) in [5, 5.41) is 11.6. The third-order valence-corrected chi connectivity index (χ3v) is 4.41. The number of amides is 1.